The minimum absolute atomic E-state index is 0.208. The van der Waals surface area contributed by atoms with Crippen molar-refractivity contribution in [1.29, 1.82) is 0 Å². The van der Waals surface area contributed by atoms with E-state index in [4.69, 9.17) is 4.74 Å². The van der Waals surface area contributed by atoms with E-state index in [2.05, 4.69) is 5.32 Å². The zero-order chi connectivity index (χ0) is 24.0. The van der Waals surface area contributed by atoms with Gasteiger partial charge in [0, 0.05) is 19.7 Å². The number of nitrogens with zero attached hydrogens (tertiary/aromatic N) is 2. The van der Waals surface area contributed by atoms with Gasteiger partial charge in [0.1, 0.15) is 12.3 Å². The van der Waals surface area contributed by atoms with Gasteiger partial charge in [-0.3, -0.25) is 13.9 Å². The zero-order valence-corrected chi connectivity index (χ0v) is 19.4. The van der Waals surface area contributed by atoms with Gasteiger partial charge in [-0.25, -0.2) is 8.42 Å². The molecule has 0 fully saturated rings. The van der Waals surface area contributed by atoms with E-state index in [9.17, 15) is 18.0 Å². The second-order valence-corrected chi connectivity index (χ2v) is 9.38. The molecular weight excluding hydrogens is 442 g/mol. The number of carbonyl (C=O) groups is 2. The van der Waals surface area contributed by atoms with Gasteiger partial charge < -0.3 is 15.0 Å². The van der Waals surface area contributed by atoms with E-state index >= 15 is 0 Å². The zero-order valence-electron chi connectivity index (χ0n) is 18.6. The third-order valence-electron chi connectivity index (χ3n) is 4.63. The topological polar surface area (TPSA) is 96.0 Å². The molecule has 2 amide bonds. The van der Waals surface area contributed by atoms with Gasteiger partial charge in [-0.1, -0.05) is 30.3 Å². The van der Waals surface area contributed by atoms with Crippen molar-refractivity contribution in [2.45, 2.75) is 0 Å². The maximum Gasteiger partial charge on any atom is 0.253 e. The molecule has 0 aliphatic heterocycles. The first kappa shape index (κ1) is 23.8. The summed E-state index contributed by atoms with van der Waals surface area (Å²) in [6, 6.07) is 22.0. The van der Waals surface area contributed by atoms with Crippen molar-refractivity contribution in [3.8, 4) is 11.5 Å². The van der Waals surface area contributed by atoms with Crippen molar-refractivity contribution in [1.82, 2.24) is 4.90 Å². The SMILES string of the molecule is CN(C)C(=O)c1ccc(N(CC(=O)Nc2ccccc2Oc2ccccc2)S(C)(=O)=O)cc1. The van der Waals surface area contributed by atoms with E-state index in [0.29, 0.717) is 22.7 Å². The van der Waals surface area contributed by atoms with Crippen LogP contribution in [0.5, 0.6) is 11.5 Å². The van der Waals surface area contributed by atoms with Gasteiger partial charge in [0.15, 0.2) is 5.75 Å². The molecule has 9 heteroatoms. The summed E-state index contributed by atoms with van der Waals surface area (Å²) in [4.78, 5) is 26.3. The van der Waals surface area contributed by atoms with E-state index < -0.39 is 22.5 Å². The molecular formula is C24H25N3O5S. The third kappa shape index (κ3) is 6.33. The number of carbonyl (C=O) groups excluding carboxylic acids is 2. The van der Waals surface area contributed by atoms with Crippen LogP contribution in [0.1, 0.15) is 10.4 Å². The number of rotatable bonds is 8. The molecule has 0 aliphatic rings. The summed E-state index contributed by atoms with van der Waals surface area (Å²) in [5.74, 6) is 0.275. The van der Waals surface area contributed by atoms with Crippen molar-refractivity contribution in [3.63, 3.8) is 0 Å². The molecule has 33 heavy (non-hydrogen) atoms. The molecule has 0 unspecified atom stereocenters. The molecule has 0 saturated heterocycles. The van der Waals surface area contributed by atoms with Crippen LogP contribution in [-0.2, 0) is 14.8 Å². The van der Waals surface area contributed by atoms with Crippen LogP contribution >= 0.6 is 0 Å². The fourth-order valence-electron chi connectivity index (χ4n) is 3.02. The molecule has 0 heterocycles. The number of hydrogen-bond acceptors (Lipinski definition) is 5. The maximum absolute atomic E-state index is 12.8. The Labute approximate surface area is 193 Å². The largest absolute Gasteiger partial charge is 0.455 e. The Balaban J connectivity index is 1.78. The lowest BCUT2D eigenvalue weighted by molar-refractivity contribution is -0.114. The molecule has 172 valence electrons. The summed E-state index contributed by atoms with van der Waals surface area (Å²) in [7, 11) is -0.512. The highest BCUT2D eigenvalue weighted by molar-refractivity contribution is 7.92. The van der Waals surface area contributed by atoms with Gasteiger partial charge in [0.25, 0.3) is 5.91 Å². The van der Waals surface area contributed by atoms with Crippen molar-refractivity contribution < 1.29 is 22.7 Å². The first-order chi connectivity index (χ1) is 15.6. The Morgan fingerprint density at radius 2 is 1.48 bits per heavy atom. The standard InChI is InChI=1S/C24H25N3O5S/c1-26(2)24(29)18-13-15-19(16-14-18)27(33(3,30)31)17-23(28)25-21-11-7-8-12-22(21)32-20-9-5-4-6-10-20/h4-16H,17H2,1-3H3,(H,25,28). The Kier molecular flexibility index (Phi) is 7.34. The molecule has 0 spiro atoms. The number of ether oxygens (including phenoxy) is 1. The van der Waals surface area contributed by atoms with Crippen LogP contribution in [0.3, 0.4) is 0 Å². The van der Waals surface area contributed by atoms with Gasteiger partial charge in [0.05, 0.1) is 17.6 Å². The van der Waals surface area contributed by atoms with Gasteiger partial charge in [0.2, 0.25) is 15.9 Å². The Morgan fingerprint density at radius 1 is 0.879 bits per heavy atom. The molecule has 0 radical (unpaired) electrons. The normalized spacial score (nSPS) is 10.9. The maximum atomic E-state index is 12.8. The number of hydrogen-bond donors (Lipinski definition) is 1. The highest BCUT2D eigenvalue weighted by Crippen LogP contribution is 2.29. The molecule has 3 aromatic rings. The predicted octanol–water partition coefficient (Wildman–Crippen LogP) is 3.59. The fourth-order valence-corrected chi connectivity index (χ4v) is 3.88. The van der Waals surface area contributed by atoms with E-state index in [1.165, 1.54) is 29.2 Å². The molecule has 0 bridgehead atoms. The number of benzene rings is 3. The van der Waals surface area contributed by atoms with Crippen molar-refractivity contribution in [2.24, 2.45) is 0 Å². The number of amides is 2. The molecule has 0 saturated carbocycles. The molecule has 0 atom stereocenters. The molecule has 0 aromatic heterocycles. The number of para-hydroxylation sites is 3. The average Bonchev–Trinajstić information content (AvgIpc) is 2.78. The van der Waals surface area contributed by atoms with Crippen LogP contribution in [0.15, 0.2) is 78.9 Å². The minimum atomic E-state index is -3.77. The lowest BCUT2D eigenvalue weighted by atomic mass is 10.2. The summed E-state index contributed by atoms with van der Waals surface area (Å²) < 4.78 is 31.6. The summed E-state index contributed by atoms with van der Waals surface area (Å²) in [5.41, 5.74) is 1.09. The Morgan fingerprint density at radius 3 is 2.09 bits per heavy atom. The monoisotopic (exact) mass is 467 g/mol. The quantitative estimate of drug-likeness (QED) is 0.546. The van der Waals surface area contributed by atoms with Crippen molar-refractivity contribution >= 4 is 33.2 Å². The lowest BCUT2D eigenvalue weighted by Crippen LogP contribution is -2.37. The number of anilines is 2. The lowest BCUT2D eigenvalue weighted by Gasteiger charge is -2.22. The predicted molar refractivity (Wildman–Crippen MR) is 128 cm³/mol. The molecule has 3 aromatic carbocycles. The highest BCUT2D eigenvalue weighted by atomic mass is 32.2. The molecule has 0 aliphatic carbocycles. The van der Waals surface area contributed by atoms with Crippen LogP contribution in [0.25, 0.3) is 0 Å². The Bertz CT molecular complexity index is 1230. The minimum Gasteiger partial charge on any atom is -0.455 e. The van der Waals surface area contributed by atoms with E-state index in [1.807, 2.05) is 18.2 Å². The second kappa shape index (κ2) is 10.2. The van der Waals surface area contributed by atoms with Crippen LogP contribution in [0, 0.1) is 0 Å². The van der Waals surface area contributed by atoms with Crippen LogP contribution in [0.4, 0.5) is 11.4 Å². The first-order valence-electron chi connectivity index (χ1n) is 10.1. The molecule has 3 rings (SSSR count). The van der Waals surface area contributed by atoms with Gasteiger partial charge in [-0.2, -0.15) is 0 Å². The van der Waals surface area contributed by atoms with Crippen molar-refractivity contribution in [3.05, 3.63) is 84.4 Å². The van der Waals surface area contributed by atoms with Crippen molar-refractivity contribution in [2.75, 3.05) is 36.5 Å². The van der Waals surface area contributed by atoms with Gasteiger partial charge in [-0.15, -0.1) is 0 Å². The van der Waals surface area contributed by atoms with Gasteiger partial charge in [-0.05, 0) is 48.5 Å². The Hall–Kier alpha value is -3.85. The number of sulfonamides is 1. The molecule has 1 N–H and O–H groups in total. The van der Waals surface area contributed by atoms with Crippen LogP contribution in [0.2, 0.25) is 0 Å². The third-order valence-corrected chi connectivity index (χ3v) is 5.77. The summed E-state index contributed by atoms with van der Waals surface area (Å²) in [6.07, 6.45) is 1.02. The molecule has 8 nitrogen and oxygen atoms in total. The summed E-state index contributed by atoms with van der Waals surface area (Å²) in [6.45, 7) is -0.445. The first-order valence-corrected chi connectivity index (χ1v) is 11.9. The van der Waals surface area contributed by atoms with E-state index in [1.54, 1.807) is 50.5 Å². The van der Waals surface area contributed by atoms with Crippen LogP contribution in [-0.4, -0.2) is 52.0 Å². The second-order valence-electron chi connectivity index (χ2n) is 7.48. The highest BCUT2D eigenvalue weighted by Gasteiger charge is 2.22. The van der Waals surface area contributed by atoms with Crippen LogP contribution < -0.4 is 14.4 Å². The van der Waals surface area contributed by atoms with E-state index in [-0.39, 0.29) is 11.6 Å². The van der Waals surface area contributed by atoms with Gasteiger partial charge >= 0.3 is 0 Å². The average molecular weight is 468 g/mol. The van der Waals surface area contributed by atoms with E-state index in [0.717, 1.165) is 10.6 Å². The summed E-state index contributed by atoms with van der Waals surface area (Å²) >= 11 is 0. The fraction of sp³-hybridized carbons (Fsp3) is 0.167. The number of nitrogens with one attached hydrogen (secondary N) is 1. The smallest absolute Gasteiger partial charge is 0.253 e. The summed E-state index contributed by atoms with van der Waals surface area (Å²) in [5, 5.41) is 2.72.